The second-order valence-corrected chi connectivity index (χ2v) is 6.95. The van der Waals surface area contributed by atoms with Gasteiger partial charge in [-0.3, -0.25) is 9.48 Å². The molecule has 0 atom stereocenters. The van der Waals surface area contributed by atoms with Crippen LogP contribution in [0.25, 0.3) is 0 Å². The van der Waals surface area contributed by atoms with Crippen LogP contribution in [0.15, 0.2) is 22.7 Å². The number of rotatable bonds is 4. The molecule has 0 bridgehead atoms. The fourth-order valence-electron chi connectivity index (χ4n) is 2.52. The lowest BCUT2D eigenvalue weighted by Gasteiger charge is -2.09. The Kier molecular flexibility index (Phi) is 5.27. The number of para-hydroxylation sites is 1. The first-order valence-corrected chi connectivity index (χ1v) is 8.83. The fourth-order valence-corrected chi connectivity index (χ4v) is 3.15. The Hall–Kier alpha value is -2.02. The van der Waals surface area contributed by atoms with Gasteiger partial charge in [0.05, 0.1) is 38.7 Å². The molecule has 9 heteroatoms. The van der Waals surface area contributed by atoms with Crippen molar-refractivity contribution in [2.45, 2.75) is 27.3 Å². The maximum atomic E-state index is 12.7. The summed E-state index contributed by atoms with van der Waals surface area (Å²) in [4.78, 5) is 12.7. The van der Waals surface area contributed by atoms with Crippen molar-refractivity contribution in [1.82, 2.24) is 14.9 Å². The first kappa shape index (κ1) is 18.8. The highest BCUT2D eigenvalue weighted by Gasteiger charge is 2.23. The summed E-state index contributed by atoms with van der Waals surface area (Å²) >= 11 is 18.4. The molecule has 6 nitrogen and oxygen atoms in total. The van der Waals surface area contributed by atoms with E-state index in [9.17, 15) is 4.79 Å². The van der Waals surface area contributed by atoms with E-state index in [4.69, 9.17) is 39.3 Å². The fraction of sp³-hybridized carbons (Fsp3) is 0.235. The zero-order chi connectivity index (χ0) is 19.0. The summed E-state index contributed by atoms with van der Waals surface area (Å²) in [6.45, 7) is 5.70. The number of carbonyl (C=O) groups excluding carboxylic acids is 1. The summed E-state index contributed by atoms with van der Waals surface area (Å²) in [5.74, 6) is 0.0450. The van der Waals surface area contributed by atoms with Crippen LogP contribution in [0.2, 0.25) is 15.1 Å². The number of halogens is 3. The molecule has 0 aliphatic rings. The average molecular weight is 414 g/mol. The maximum Gasteiger partial charge on any atom is 0.278 e. The van der Waals surface area contributed by atoms with E-state index in [2.05, 4.69) is 15.6 Å². The van der Waals surface area contributed by atoms with Crippen molar-refractivity contribution in [2.24, 2.45) is 0 Å². The smallest absolute Gasteiger partial charge is 0.278 e. The third-order valence-corrected chi connectivity index (χ3v) is 5.18. The SMILES string of the molecule is Cc1nn(Cc2c(C(=O)Nc3c(Cl)cccc3Cl)noc2C)c(C)c1Cl. The number of carbonyl (C=O) groups is 1. The minimum atomic E-state index is -0.473. The number of hydrogen-bond acceptors (Lipinski definition) is 4. The molecule has 0 saturated carbocycles. The van der Waals surface area contributed by atoms with E-state index in [1.54, 1.807) is 29.8 Å². The molecule has 0 radical (unpaired) electrons. The third-order valence-electron chi connectivity index (χ3n) is 4.00. The number of hydrogen-bond donors (Lipinski definition) is 1. The van der Waals surface area contributed by atoms with Crippen molar-refractivity contribution >= 4 is 46.4 Å². The number of aryl methyl sites for hydroxylation is 2. The molecule has 0 spiro atoms. The summed E-state index contributed by atoms with van der Waals surface area (Å²) in [7, 11) is 0. The highest BCUT2D eigenvalue weighted by atomic mass is 35.5. The number of nitrogens with one attached hydrogen (secondary N) is 1. The topological polar surface area (TPSA) is 73.0 Å². The van der Waals surface area contributed by atoms with E-state index in [1.165, 1.54) is 0 Å². The van der Waals surface area contributed by atoms with Gasteiger partial charge in [0, 0.05) is 5.56 Å². The van der Waals surface area contributed by atoms with Crippen LogP contribution in [0.5, 0.6) is 0 Å². The Morgan fingerprint density at radius 2 is 1.85 bits per heavy atom. The number of amides is 1. The Morgan fingerprint density at radius 3 is 2.42 bits per heavy atom. The van der Waals surface area contributed by atoms with Gasteiger partial charge in [0.15, 0.2) is 5.69 Å². The molecule has 1 N–H and O–H groups in total. The van der Waals surface area contributed by atoms with Crippen molar-refractivity contribution < 1.29 is 9.32 Å². The van der Waals surface area contributed by atoms with Crippen LogP contribution in [0, 0.1) is 20.8 Å². The van der Waals surface area contributed by atoms with Crippen molar-refractivity contribution in [3.05, 3.63) is 61.7 Å². The molecular formula is C17H15Cl3N4O2. The first-order valence-electron chi connectivity index (χ1n) is 7.69. The molecule has 0 saturated heterocycles. The molecule has 0 unspecified atom stereocenters. The summed E-state index contributed by atoms with van der Waals surface area (Å²) < 4.78 is 6.92. The lowest BCUT2D eigenvalue weighted by molar-refractivity contribution is 0.101. The largest absolute Gasteiger partial charge is 0.361 e. The van der Waals surface area contributed by atoms with Gasteiger partial charge in [0.2, 0.25) is 0 Å². The van der Waals surface area contributed by atoms with E-state index < -0.39 is 5.91 Å². The molecule has 2 heterocycles. The Bertz CT molecular complexity index is 974. The summed E-state index contributed by atoms with van der Waals surface area (Å²) in [6, 6.07) is 4.96. The van der Waals surface area contributed by atoms with Gasteiger partial charge in [-0.1, -0.05) is 46.0 Å². The van der Waals surface area contributed by atoms with Gasteiger partial charge in [0.25, 0.3) is 5.91 Å². The van der Waals surface area contributed by atoms with Crippen LogP contribution < -0.4 is 5.32 Å². The van der Waals surface area contributed by atoms with Crippen LogP contribution in [-0.4, -0.2) is 20.8 Å². The normalized spacial score (nSPS) is 11.0. The van der Waals surface area contributed by atoms with E-state index in [0.29, 0.717) is 44.3 Å². The predicted molar refractivity (Wildman–Crippen MR) is 101 cm³/mol. The minimum absolute atomic E-state index is 0.141. The molecule has 0 aliphatic carbocycles. The zero-order valence-corrected chi connectivity index (χ0v) is 16.5. The second-order valence-electron chi connectivity index (χ2n) is 5.76. The zero-order valence-electron chi connectivity index (χ0n) is 14.2. The van der Waals surface area contributed by atoms with E-state index in [0.717, 1.165) is 5.69 Å². The van der Waals surface area contributed by atoms with Crippen molar-refractivity contribution in [3.63, 3.8) is 0 Å². The van der Waals surface area contributed by atoms with E-state index >= 15 is 0 Å². The molecular weight excluding hydrogens is 399 g/mol. The molecule has 3 aromatic rings. The lowest BCUT2D eigenvalue weighted by atomic mass is 10.1. The third kappa shape index (κ3) is 3.45. The summed E-state index contributed by atoms with van der Waals surface area (Å²) in [6.07, 6.45) is 0. The van der Waals surface area contributed by atoms with Crippen LogP contribution in [-0.2, 0) is 6.54 Å². The Labute approximate surface area is 165 Å². The quantitative estimate of drug-likeness (QED) is 0.649. The van der Waals surface area contributed by atoms with Gasteiger partial charge in [-0.25, -0.2) is 0 Å². The molecule has 2 aromatic heterocycles. The van der Waals surface area contributed by atoms with Gasteiger partial charge in [-0.2, -0.15) is 5.10 Å². The maximum absolute atomic E-state index is 12.7. The highest BCUT2D eigenvalue weighted by molar-refractivity contribution is 6.40. The minimum Gasteiger partial charge on any atom is -0.361 e. The summed E-state index contributed by atoms with van der Waals surface area (Å²) in [5.41, 5.74) is 2.58. The molecule has 26 heavy (non-hydrogen) atoms. The van der Waals surface area contributed by atoms with Crippen LogP contribution in [0.4, 0.5) is 5.69 Å². The number of benzene rings is 1. The standard InChI is InChI=1S/C17H15Cl3N4O2/c1-8-14(20)9(2)24(22-8)7-11-10(3)26-23-15(11)17(25)21-16-12(18)5-4-6-13(16)19/h4-6H,7H2,1-3H3,(H,21,25). The number of anilines is 1. The molecule has 3 rings (SSSR count). The van der Waals surface area contributed by atoms with E-state index in [1.807, 2.05) is 13.8 Å². The predicted octanol–water partition coefficient (Wildman–Crippen LogP) is 5.06. The van der Waals surface area contributed by atoms with Crippen molar-refractivity contribution in [2.75, 3.05) is 5.32 Å². The molecule has 136 valence electrons. The van der Waals surface area contributed by atoms with Gasteiger partial charge in [-0.05, 0) is 32.9 Å². The number of nitrogens with zero attached hydrogens (tertiary/aromatic N) is 3. The molecule has 0 fully saturated rings. The Morgan fingerprint density at radius 1 is 1.19 bits per heavy atom. The van der Waals surface area contributed by atoms with Gasteiger partial charge in [0.1, 0.15) is 5.76 Å². The highest BCUT2D eigenvalue weighted by Crippen LogP contribution is 2.30. The van der Waals surface area contributed by atoms with Crippen LogP contribution in [0.3, 0.4) is 0 Å². The van der Waals surface area contributed by atoms with E-state index in [-0.39, 0.29) is 5.69 Å². The summed E-state index contributed by atoms with van der Waals surface area (Å²) in [5, 5.41) is 12.2. The molecule has 1 aromatic carbocycles. The second kappa shape index (κ2) is 7.31. The van der Waals surface area contributed by atoms with Gasteiger partial charge < -0.3 is 9.84 Å². The monoisotopic (exact) mass is 412 g/mol. The lowest BCUT2D eigenvalue weighted by Crippen LogP contribution is -2.17. The van der Waals surface area contributed by atoms with Gasteiger partial charge in [-0.15, -0.1) is 0 Å². The van der Waals surface area contributed by atoms with Gasteiger partial charge >= 0.3 is 0 Å². The van der Waals surface area contributed by atoms with Crippen molar-refractivity contribution in [3.8, 4) is 0 Å². The van der Waals surface area contributed by atoms with Crippen LogP contribution in [0.1, 0.15) is 33.2 Å². The first-order chi connectivity index (χ1) is 12.3. The molecule has 1 amide bonds. The number of aromatic nitrogens is 3. The Balaban J connectivity index is 1.92. The average Bonchev–Trinajstić information content (AvgIpc) is 3.07. The molecule has 0 aliphatic heterocycles. The van der Waals surface area contributed by atoms with Crippen molar-refractivity contribution in [1.29, 1.82) is 0 Å². The van der Waals surface area contributed by atoms with Crippen LogP contribution >= 0.6 is 34.8 Å².